The highest BCUT2D eigenvalue weighted by Gasteiger charge is 2.52. The second-order valence-corrected chi connectivity index (χ2v) is 32.4. The summed E-state index contributed by atoms with van der Waals surface area (Å²) in [5, 5.41) is 5.82. The number of benzene rings is 2. The van der Waals surface area contributed by atoms with Gasteiger partial charge in [0.1, 0.15) is 0 Å². The zero-order valence-corrected chi connectivity index (χ0v) is 38.2. The quantitative estimate of drug-likeness (QED) is 0.0882. The lowest BCUT2D eigenvalue weighted by atomic mass is 9.98. The summed E-state index contributed by atoms with van der Waals surface area (Å²) in [5.74, 6) is -0.193. The zero-order chi connectivity index (χ0) is 38.7. The average molecular weight is 754 g/mol. The Labute approximate surface area is 317 Å². The fourth-order valence-corrected chi connectivity index (χ4v) is 13.2. The molecule has 0 radical (unpaired) electrons. The van der Waals surface area contributed by atoms with Crippen molar-refractivity contribution < 1.29 is 18.1 Å². The summed E-state index contributed by atoms with van der Waals surface area (Å²) < 4.78 is 21.5. The van der Waals surface area contributed by atoms with Crippen LogP contribution in [0.3, 0.4) is 0 Å². The van der Waals surface area contributed by atoms with Crippen LogP contribution in [0, 0.1) is 5.92 Å². The maximum atomic E-state index is 13.9. The van der Waals surface area contributed by atoms with E-state index in [1.165, 1.54) is 10.4 Å². The van der Waals surface area contributed by atoms with Crippen LogP contribution in [-0.2, 0) is 18.1 Å². The molecule has 51 heavy (non-hydrogen) atoms. The maximum Gasteiger partial charge on any atom is 0.261 e. The molecule has 0 saturated carbocycles. The van der Waals surface area contributed by atoms with E-state index in [1.807, 2.05) is 0 Å². The van der Waals surface area contributed by atoms with E-state index < -0.39 is 25.0 Å². The fraction of sp³-hybridized carbons (Fsp3) is 0.651. The zero-order valence-electron chi connectivity index (χ0n) is 35.2. The van der Waals surface area contributed by atoms with Gasteiger partial charge < -0.3 is 18.6 Å². The van der Waals surface area contributed by atoms with Gasteiger partial charge in [-0.05, 0) is 84.3 Å². The molecule has 3 atom stereocenters. The van der Waals surface area contributed by atoms with Crippen molar-refractivity contribution in [2.45, 2.75) is 162 Å². The largest absolute Gasteiger partial charge is 0.414 e. The van der Waals surface area contributed by atoms with E-state index in [0.717, 1.165) is 25.7 Å². The Bertz CT molecular complexity index is 1300. The summed E-state index contributed by atoms with van der Waals surface area (Å²) in [6.45, 7) is 34.9. The third-order valence-electron chi connectivity index (χ3n) is 11.5. The topological polar surface area (TPSA) is 56.8 Å². The summed E-state index contributed by atoms with van der Waals surface area (Å²) in [6, 6.07) is 21.6. The van der Waals surface area contributed by atoms with Crippen molar-refractivity contribution in [1.29, 1.82) is 0 Å². The molecule has 2 aromatic carbocycles. The van der Waals surface area contributed by atoms with Gasteiger partial charge in [-0.25, -0.2) is 0 Å². The molecular formula is C43H75NO4Si3. The van der Waals surface area contributed by atoms with Crippen LogP contribution in [0.1, 0.15) is 108 Å². The third-order valence-corrected chi connectivity index (χ3v) is 25.6. The molecule has 2 aromatic rings. The predicted molar refractivity (Wildman–Crippen MR) is 228 cm³/mol. The van der Waals surface area contributed by atoms with Crippen LogP contribution in [0.2, 0.25) is 41.3 Å². The van der Waals surface area contributed by atoms with Gasteiger partial charge in [0.25, 0.3) is 8.32 Å². The molecule has 1 amide bonds. The first-order valence-electron chi connectivity index (χ1n) is 19.5. The number of amides is 1. The average Bonchev–Trinajstić information content (AvgIpc) is 3.03. The molecule has 2 unspecified atom stereocenters. The van der Waals surface area contributed by atoms with E-state index in [4.69, 9.17) is 13.3 Å². The number of unbranched alkanes of at least 4 members (excludes halogenated alkanes) is 2. The second kappa shape index (κ2) is 19.0. The third kappa shape index (κ3) is 12.6. The fourth-order valence-electron chi connectivity index (χ4n) is 6.06. The Morgan fingerprint density at radius 3 is 1.69 bits per heavy atom. The molecule has 1 N–H and O–H groups in total. The Balaban J connectivity index is 2.42. The van der Waals surface area contributed by atoms with Gasteiger partial charge in [-0.1, -0.05) is 148 Å². The van der Waals surface area contributed by atoms with E-state index in [9.17, 15) is 4.79 Å². The molecule has 0 aliphatic heterocycles. The number of hydrogen-bond acceptors (Lipinski definition) is 4. The van der Waals surface area contributed by atoms with E-state index in [1.54, 1.807) is 0 Å². The van der Waals surface area contributed by atoms with Gasteiger partial charge in [-0.3, -0.25) is 4.79 Å². The van der Waals surface area contributed by atoms with E-state index in [-0.39, 0.29) is 39.1 Å². The monoisotopic (exact) mass is 754 g/mol. The van der Waals surface area contributed by atoms with Crippen LogP contribution in [0.15, 0.2) is 72.8 Å². The molecule has 8 heteroatoms. The molecule has 0 saturated heterocycles. The Hall–Kier alpha value is -1.82. The SMILES string of the molecule is C/C=C/CCCCC(O[Si](C)(C)C(C)(C)C)C(C)C(=O)NCC[C@@H](CO[Si](C)(C)C(C)(C)C)O[Si](c1ccccc1)(c1ccccc1)C(C)(C)C. The second-order valence-electron chi connectivity index (χ2n) is 18.6. The Kier molecular flexibility index (Phi) is 16.9. The molecule has 0 bridgehead atoms. The summed E-state index contributed by atoms with van der Waals surface area (Å²) >= 11 is 0. The first-order valence-corrected chi connectivity index (χ1v) is 27.2. The maximum absolute atomic E-state index is 13.9. The number of carbonyl (C=O) groups is 1. The lowest BCUT2D eigenvalue weighted by Gasteiger charge is -2.46. The normalized spacial score (nSPS) is 15.5. The van der Waals surface area contributed by atoms with Gasteiger partial charge in [0.2, 0.25) is 5.91 Å². The van der Waals surface area contributed by atoms with Crippen molar-refractivity contribution in [1.82, 2.24) is 5.32 Å². The molecule has 0 heterocycles. The number of rotatable bonds is 19. The van der Waals surface area contributed by atoms with Gasteiger partial charge in [0, 0.05) is 6.54 Å². The summed E-state index contributed by atoms with van der Waals surface area (Å²) in [7, 11) is -6.99. The lowest BCUT2D eigenvalue weighted by molar-refractivity contribution is -0.127. The van der Waals surface area contributed by atoms with Crippen molar-refractivity contribution in [2.75, 3.05) is 13.2 Å². The first-order chi connectivity index (χ1) is 23.5. The van der Waals surface area contributed by atoms with Crippen LogP contribution >= 0.6 is 0 Å². The van der Waals surface area contributed by atoms with Crippen molar-refractivity contribution in [2.24, 2.45) is 5.92 Å². The minimum Gasteiger partial charge on any atom is -0.414 e. The van der Waals surface area contributed by atoms with E-state index >= 15 is 0 Å². The molecular weight excluding hydrogens is 679 g/mol. The minimum atomic E-state index is -2.84. The molecule has 0 aliphatic rings. The Morgan fingerprint density at radius 2 is 1.24 bits per heavy atom. The Morgan fingerprint density at radius 1 is 0.725 bits per heavy atom. The van der Waals surface area contributed by atoms with E-state index in [0.29, 0.717) is 19.6 Å². The highest BCUT2D eigenvalue weighted by atomic mass is 28.4. The molecule has 0 spiro atoms. The minimum absolute atomic E-state index is 0.0571. The van der Waals surface area contributed by atoms with Crippen LogP contribution in [0.4, 0.5) is 0 Å². The van der Waals surface area contributed by atoms with Crippen LogP contribution < -0.4 is 15.7 Å². The van der Waals surface area contributed by atoms with Crippen molar-refractivity contribution in [3.63, 3.8) is 0 Å². The van der Waals surface area contributed by atoms with Crippen LogP contribution in [-0.4, -0.2) is 56.2 Å². The molecule has 5 nitrogen and oxygen atoms in total. The van der Waals surface area contributed by atoms with Gasteiger partial charge in [0.15, 0.2) is 16.6 Å². The van der Waals surface area contributed by atoms with Gasteiger partial charge in [0.05, 0.1) is 24.7 Å². The van der Waals surface area contributed by atoms with Gasteiger partial charge >= 0.3 is 0 Å². The standard InChI is InChI=1S/C43H75NO4Si3/c1-16-17-18-19-26-31-39(48-50(14,15)42(6,7)8)35(2)40(45)44-33-32-36(34-46-49(12,13)41(3,4)5)47-51(43(9,10)11,37-27-22-20-23-28-37)38-29-24-21-25-30-38/h16-17,20-25,27-30,35-36,39H,18-19,26,31-34H2,1-15H3,(H,44,45)/b17-16+/t35?,36-,39?/m0/s1. The smallest absolute Gasteiger partial charge is 0.261 e. The summed E-state index contributed by atoms with van der Waals surface area (Å²) in [4.78, 5) is 13.9. The molecule has 288 valence electrons. The molecule has 0 aromatic heterocycles. The number of carbonyl (C=O) groups excluding carboxylic acids is 1. The first kappa shape index (κ1) is 45.3. The number of nitrogens with one attached hydrogen (secondary N) is 1. The highest BCUT2D eigenvalue weighted by Crippen LogP contribution is 2.41. The highest BCUT2D eigenvalue weighted by molar-refractivity contribution is 6.99. The van der Waals surface area contributed by atoms with E-state index in [2.05, 4.69) is 180 Å². The summed E-state index contributed by atoms with van der Waals surface area (Å²) in [5.41, 5.74) is 0. The molecule has 2 rings (SSSR count). The van der Waals surface area contributed by atoms with Crippen molar-refractivity contribution in [3.05, 3.63) is 72.8 Å². The molecule has 0 fully saturated rings. The summed E-state index contributed by atoms with van der Waals surface area (Å²) in [6.07, 6.45) is 8.78. The van der Waals surface area contributed by atoms with Gasteiger partial charge in [-0.15, -0.1) is 0 Å². The number of allylic oxidation sites excluding steroid dienone is 2. The molecule has 0 aliphatic carbocycles. The van der Waals surface area contributed by atoms with Crippen molar-refractivity contribution >= 4 is 41.2 Å². The van der Waals surface area contributed by atoms with Crippen LogP contribution in [0.5, 0.6) is 0 Å². The number of hydrogen-bond donors (Lipinski definition) is 1. The van der Waals surface area contributed by atoms with Crippen LogP contribution in [0.25, 0.3) is 0 Å². The predicted octanol–water partition coefficient (Wildman–Crippen LogP) is 10.6. The lowest BCUT2D eigenvalue weighted by Crippen LogP contribution is -2.68. The van der Waals surface area contributed by atoms with Crippen molar-refractivity contribution in [3.8, 4) is 0 Å². The van der Waals surface area contributed by atoms with Gasteiger partial charge in [-0.2, -0.15) is 0 Å².